The molecule has 1 aliphatic rings. The lowest BCUT2D eigenvalue weighted by atomic mass is 10.1. The summed E-state index contributed by atoms with van der Waals surface area (Å²) in [6.07, 6.45) is 1.94. The molecule has 0 radical (unpaired) electrons. The number of nitrogens with zero attached hydrogens (tertiary/aromatic N) is 1. The molecule has 1 aromatic heterocycles. The second-order valence-corrected chi connectivity index (χ2v) is 4.30. The summed E-state index contributed by atoms with van der Waals surface area (Å²) >= 11 is 0. The fraction of sp³-hybridized carbons (Fsp3) is 0.583. The van der Waals surface area contributed by atoms with E-state index >= 15 is 0 Å². The number of hydrogen-bond acceptors (Lipinski definition) is 2. The molecule has 0 atom stereocenters. The second kappa shape index (κ2) is 4.29. The van der Waals surface area contributed by atoms with Crippen molar-refractivity contribution in [3.05, 3.63) is 23.0 Å². The topological polar surface area (TPSA) is 51.5 Å². The van der Waals surface area contributed by atoms with Gasteiger partial charge < -0.3 is 14.4 Å². The smallest absolute Gasteiger partial charge is 0.337 e. The van der Waals surface area contributed by atoms with Crippen LogP contribution in [0.1, 0.15) is 40.6 Å². The van der Waals surface area contributed by atoms with Gasteiger partial charge in [0.2, 0.25) is 0 Å². The molecule has 0 aliphatic carbocycles. The third kappa shape index (κ3) is 1.85. The number of hydrogen-bond donors (Lipinski definition) is 1. The van der Waals surface area contributed by atoms with Crippen LogP contribution in [0.25, 0.3) is 0 Å². The molecule has 1 aliphatic heterocycles. The van der Waals surface area contributed by atoms with E-state index in [0.29, 0.717) is 11.6 Å². The highest BCUT2D eigenvalue weighted by Crippen LogP contribution is 2.27. The van der Waals surface area contributed by atoms with Gasteiger partial charge in [0.15, 0.2) is 0 Å². The molecular weight excluding hydrogens is 206 g/mol. The van der Waals surface area contributed by atoms with E-state index in [1.54, 1.807) is 6.07 Å². The molecule has 1 fully saturated rings. The van der Waals surface area contributed by atoms with Crippen molar-refractivity contribution in [2.24, 2.45) is 0 Å². The van der Waals surface area contributed by atoms with Crippen LogP contribution >= 0.6 is 0 Å². The minimum Gasteiger partial charge on any atom is -0.478 e. The maximum Gasteiger partial charge on any atom is 0.337 e. The predicted molar refractivity (Wildman–Crippen MR) is 60.0 cm³/mol. The number of aryl methyl sites for hydroxylation is 1. The zero-order valence-electron chi connectivity index (χ0n) is 9.69. The van der Waals surface area contributed by atoms with E-state index in [4.69, 9.17) is 9.84 Å². The molecule has 0 bridgehead atoms. The summed E-state index contributed by atoms with van der Waals surface area (Å²) in [6, 6.07) is 2.15. The summed E-state index contributed by atoms with van der Waals surface area (Å²) in [4.78, 5) is 11.0. The summed E-state index contributed by atoms with van der Waals surface area (Å²) in [5.74, 6) is -0.841. The Balaban J connectivity index is 2.36. The van der Waals surface area contributed by atoms with Crippen LogP contribution < -0.4 is 0 Å². The molecule has 88 valence electrons. The van der Waals surface area contributed by atoms with Crippen molar-refractivity contribution >= 4 is 5.97 Å². The van der Waals surface area contributed by atoms with Gasteiger partial charge in [0, 0.05) is 30.6 Å². The van der Waals surface area contributed by atoms with Crippen molar-refractivity contribution < 1.29 is 14.6 Å². The number of rotatable bonds is 2. The van der Waals surface area contributed by atoms with Crippen molar-refractivity contribution in [2.75, 3.05) is 13.2 Å². The summed E-state index contributed by atoms with van der Waals surface area (Å²) in [5, 5.41) is 9.06. The number of carboxylic acids is 1. The number of carboxylic acid groups (broad SMARTS) is 1. The van der Waals surface area contributed by atoms with E-state index in [1.807, 2.05) is 13.8 Å². The Morgan fingerprint density at radius 1 is 1.44 bits per heavy atom. The van der Waals surface area contributed by atoms with Crippen LogP contribution in [0.15, 0.2) is 6.07 Å². The van der Waals surface area contributed by atoms with Gasteiger partial charge in [-0.2, -0.15) is 0 Å². The first-order valence-electron chi connectivity index (χ1n) is 5.60. The van der Waals surface area contributed by atoms with E-state index in [0.717, 1.165) is 37.4 Å². The van der Waals surface area contributed by atoms with E-state index in [1.165, 1.54) is 0 Å². The lowest BCUT2D eigenvalue weighted by molar-refractivity contribution is 0.0677. The van der Waals surface area contributed by atoms with E-state index in [9.17, 15) is 4.79 Å². The van der Waals surface area contributed by atoms with Gasteiger partial charge in [-0.1, -0.05) is 0 Å². The molecule has 4 nitrogen and oxygen atoms in total. The molecule has 2 rings (SSSR count). The summed E-state index contributed by atoms with van der Waals surface area (Å²) in [6.45, 7) is 5.38. The zero-order chi connectivity index (χ0) is 11.7. The van der Waals surface area contributed by atoms with Gasteiger partial charge in [-0.15, -0.1) is 0 Å². The fourth-order valence-corrected chi connectivity index (χ4v) is 2.50. The maximum absolute atomic E-state index is 11.0. The van der Waals surface area contributed by atoms with Crippen LogP contribution in [-0.4, -0.2) is 28.9 Å². The monoisotopic (exact) mass is 223 g/mol. The maximum atomic E-state index is 11.0. The highest BCUT2D eigenvalue weighted by molar-refractivity contribution is 5.89. The third-order valence-electron chi connectivity index (χ3n) is 3.27. The molecule has 1 N–H and O–H groups in total. The molecule has 16 heavy (non-hydrogen) atoms. The Hall–Kier alpha value is -1.29. The fourth-order valence-electron chi connectivity index (χ4n) is 2.50. The van der Waals surface area contributed by atoms with Gasteiger partial charge >= 0.3 is 5.97 Å². The van der Waals surface area contributed by atoms with Crippen molar-refractivity contribution in [1.29, 1.82) is 0 Å². The normalized spacial score (nSPS) is 17.6. The van der Waals surface area contributed by atoms with Crippen molar-refractivity contribution in [2.45, 2.75) is 32.7 Å². The van der Waals surface area contributed by atoms with E-state index < -0.39 is 5.97 Å². The molecule has 0 saturated carbocycles. The van der Waals surface area contributed by atoms with Gasteiger partial charge in [0.25, 0.3) is 0 Å². The van der Waals surface area contributed by atoms with Crippen molar-refractivity contribution in [1.82, 2.24) is 4.57 Å². The number of ether oxygens (including phenoxy) is 1. The lowest BCUT2D eigenvalue weighted by Gasteiger charge is -2.26. The second-order valence-electron chi connectivity index (χ2n) is 4.30. The lowest BCUT2D eigenvalue weighted by Crippen LogP contribution is -2.21. The van der Waals surface area contributed by atoms with Crippen molar-refractivity contribution in [3.63, 3.8) is 0 Å². The third-order valence-corrected chi connectivity index (χ3v) is 3.27. The standard InChI is InChI=1S/C12H17NO3/c1-8-7-11(12(14)15)9(2)13(8)10-3-5-16-6-4-10/h7,10H,3-6H2,1-2H3,(H,14,15). The summed E-state index contributed by atoms with van der Waals surface area (Å²) in [7, 11) is 0. The molecule has 1 aromatic rings. The van der Waals surface area contributed by atoms with E-state index in [-0.39, 0.29) is 0 Å². The van der Waals surface area contributed by atoms with Crippen LogP contribution in [0.4, 0.5) is 0 Å². The molecule has 0 amide bonds. The Kier molecular flexibility index (Phi) is 3.01. The molecule has 0 aromatic carbocycles. The number of aromatic carboxylic acids is 1. The van der Waals surface area contributed by atoms with Gasteiger partial charge in [-0.05, 0) is 32.8 Å². The average Bonchev–Trinajstić information content (AvgIpc) is 2.56. The molecular formula is C12H17NO3. The quantitative estimate of drug-likeness (QED) is 0.835. The molecule has 1 saturated heterocycles. The van der Waals surface area contributed by atoms with Crippen LogP contribution in [0, 0.1) is 13.8 Å². The van der Waals surface area contributed by atoms with Gasteiger partial charge in [-0.25, -0.2) is 4.79 Å². The Labute approximate surface area is 94.8 Å². The van der Waals surface area contributed by atoms with E-state index in [2.05, 4.69) is 4.57 Å². The average molecular weight is 223 g/mol. The van der Waals surface area contributed by atoms with Crippen LogP contribution in [-0.2, 0) is 4.74 Å². The Bertz CT molecular complexity index is 403. The van der Waals surface area contributed by atoms with Gasteiger partial charge in [-0.3, -0.25) is 0 Å². The van der Waals surface area contributed by atoms with Gasteiger partial charge in [0.1, 0.15) is 0 Å². The first-order chi connectivity index (χ1) is 7.61. The molecule has 0 unspecified atom stereocenters. The van der Waals surface area contributed by atoms with Crippen molar-refractivity contribution in [3.8, 4) is 0 Å². The largest absolute Gasteiger partial charge is 0.478 e. The first-order valence-corrected chi connectivity index (χ1v) is 5.60. The van der Waals surface area contributed by atoms with Gasteiger partial charge in [0.05, 0.1) is 5.56 Å². The molecule has 0 spiro atoms. The number of carbonyl (C=O) groups is 1. The number of aromatic nitrogens is 1. The first kappa shape index (κ1) is 11.2. The highest BCUT2D eigenvalue weighted by atomic mass is 16.5. The molecule has 2 heterocycles. The Morgan fingerprint density at radius 2 is 2.06 bits per heavy atom. The predicted octanol–water partition coefficient (Wildman–Crippen LogP) is 2.15. The van der Waals surface area contributed by atoms with Crippen LogP contribution in [0.3, 0.4) is 0 Å². The summed E-state index contributed by atoms with van der Waals surface area (Å²) < 4.78 is 7.47. The minimum atomic E-state index is -0.841. The highest BCUT2D eigenvalue weighted by Gasteiger charge is 2.22. The summed E-state index contributed by atoms with van der Waals surface area (Å²) in [5.41, 5.74) is 2.31. The molecule has 4 heteroatoms. The SMILES string of the molecule is Cc1cc(C(=O)O)c(C)n1C1CCOCC1. The minimum absolute atomic E-state index is 0.391. The Morgan fingerprint density at radius 3 is 2.56 bits per heavy atom. The zero-order valence-corrected chi connectivity index (χ0v) is 9.69. The van der Waals surface area contributed by atoms with Crippen LogP contribution in [0.2, 0.25) is 0 Å². The van der Waals surface area contributed by atoms with Crippen LogP contribution in [0.5, 0.6) is 0 Å².